The first kappa shape index (κ1) is 14.0. The molecule has 2 aromatic rings. The Kier molecular flexibility index (Phi) is 4.67. The maximum absolute atomic E-state index is 11.3. The predicted octanol–water partition coefficient (Wildman–Crippen LogP) is 0.367. The van der Waals surface area contributed by atoms with Crippen LogP contribution in [0.5, 0.6) is 0 Å². The van der Waals surface area contributed by atoms with Crippen LogP contribution in [0.2, 0.25) is 0 Å². The first-order valence-electron chi connectivity index (χ1n) is 6.28. The molecule has 2 heterocycles. The van der Waals surface area contributed by atoms with Crippen molar-refractivity contribution in [3.63, 3.8) is 0 Å². The van der Waals surface area contributed by atoms with Crippen LogP contribution in [-0.2, 0) is 6.54 Å². The molecule has 0 unspecified atom stereocenters. The van der Waals surface area contributed by atoms with E-state index in [0.717, 1.165) is 17.2 Å². The van der Waals surface area contributed by atoms with Gasteiger partial charge in [0.25, 0.3) is 0 Å². The van der Waals surface area contributed by atoms with E-state index in [0.29, 0.717) is 6.54 Å². The third-order valence-electron chi connectivity index (χ3n) is 2.73. The summed E-state index contributed by atoms with van der Waals surface area (Å²) in [5.74, 6) is 1.65. The van der Waals surface area contributed by atoms with Crippen molar-refractivity contribution in [2.45, 2.75) is 13.5 Å². The zero-order valence-electron chi connectivity index (χ0n) is 11.2. The molecule has 20 heavy (non-hydrogen) atoms. The lowest BCUT2D eigenvalue weighted by molar-refractivity contribution is 0.234. The van der Waals surface area contributed by atoms with E-state index in [4.69, 9.17) is 5.11 Å². The van der Waals surface area contributed by atoms with Crippen LogP contribution in [0.4, 0.5) is 4.79 Å². The highest BCUT2D eigenvalue weighted by Crippen LogP contribution is 2.08. The number of nitrogens with zero attached hydrogens (tertiary/aromatic N) is 3. The van der Waals surface area contributed by atoms with E-state index in [-0.39, 0.29) is 19.2 Å². The molecule has 0 spiro atoms. The summed E-state index contributed by atoms with van der Waals surface area (Å²) in [5, 5.41) is 13.8. The molecule has 0 aromatic carbocycles. The second-order valence-corrected chi connectivity index (χ2v) is 4.20. The van der Waals surface area contributed by atoms with E-state index in [1.54, 1.807) is 12.4 Å². The lowest BCUT2D eigenvalue weighted by atomic mass is 10.3. The number of rotatable bonds is 5. The Balaban J connectivity index is 1.92. The standard InChI is InChI=1S/C13H17N5O2/c1-10-14-4-6-18(10)12-3-2-11(8-16-12)9-17-13(20)15-5-7-19/h2-4,6,8,19H,5,7,9H2,1H3,(H2,15,17,20). The lowest BCUT2D eigenvalue weighted by Gasteiger charge is -2.08. The molecule has 0 radical (unpaired) electrons. The number of aromatic nitrogens is 3. The number of aliphatic hydroxyl groups excluding tert-OH is 1. The van der Waals surface area contributed by atoms with Crippen molar-refractivity contribution in [3.05, 3.63) is 42.1 Å². The smallest absolute Gasteiger partial charge is 0.315 e. The van der Waals surface area contributed by atoms with Gasteiger partial charge in [0.2, 0.25) is 0 Å². The average molecular weight is 275 g/mol. The van der Waals surface area contributed by atoms with E-state index in [2.05, 4.69) is 20.6 Å². The number of imidazole rings is 1. The van der Waals surface area contributed by atoms with Crippen LogP contribution in [0.3, 0.4) is 0 Å². The number of carbonyl (C=O) groups is 1. The summed E-state index contributed by atoms with van der Waals surface area (Å²) in [6.45, 7) is 2.45. The van der Waals surface area contributed by atoms with Crippen molar-refractivity contribution >= 4 is 6.03 Å². The molecule has 2 amide bonds. The number of aliphatic hydroxyl groups is 1. The predicted molar refractivity (Wildman–Crippen MR) is 73.4 cm³/mol. The van der Waals surface area contributed by atoms with Gasteiger partial charge < -0.3 is 15.7 Å². The van der Waals surface area contributed by atoms with Crippen LogP contribution >= 0.6 is 0 Å². The summed E-state index contributed by atoms with van der Waals surface area (Å²) >= 11 is 0. The second-order valence-electron chi connectivity index (χ2n) is 4.20. The van der Waals surface area contributed by atoms with Crippen molar-refractivity contribution in [1.82, 2.24) is 25.2 Å². The third-order valence-corrected chi connectivity index (χ3v) is 2.73. The molecule has 106 valence electrons. The molecule has 0 aliphatic rings. The monoisotopic (exact) mass is 275 g/mol. The molecule has 3 N–H and O–H groups in total. The number of nitrogens with one attached hydrogen (secondary N) is 2. The molecule has 7 nitrogen and oxygen atoms in total. The normalized spacial score (nSPS) is 10.3. The Morgan fingerprint density at radius 1 is 1.35 bits per heavy atom. The molecule has 0 aliphatic carbocycles. The van der Waals surface area contributed by atoms with Crippen LogP contribution < -0.4 is 10.6 Å². The van der Waals surface area contributed by atoms with Crippen molar-refractivity contribution in [1.29, 1.82) is 0 Å². The highest BCUT2D eigenvalue weighted by molar-refractivity contribution is 5.73. The third kappa shape index (κ3) is 3.55. The number of aryl methyl sites for hydroxylation is 1. The minimum atomic E-state index is -0.311. The van der Waals surface area contributed by atoms with E-state index in [9.17, 15) is 4.79 Å². The van der Waals surface area contributed by atoms with Gasteiger partial charge in [-0.3, -0.25) is 4.57 Å². The van der Waals surface area contributed by atoms with Gasteiger partial charge in [-0.2, -0.15) is 0 Å². The fourth-order valence-electron chi connectivity index (χ4n) is 1.70. The van der Waals surface area contributed by atoms with Gasteiger partial charge in [-0.05, 0) is 18.6 Å². The molecule has 0 fully saturated rings. The topological polar surface area (TPSA) is 92.1 Å². The summed E-state index contributed by atoms with van der Waals surface area (Å²) in [6, 6.07) is 3.46. The molecular weight excluding hydrogens is 258 g/mol. The van der Waals surface area contributed by atoms with Crippen LogP contribution in [-0.4, -0.2) is 38.8 Å². The zero-order chi connectivity index (χ0) is 14.4. The van der Waals surface area contributed by atoms with Gasteiger partial charge in [0, 0.05) is 31.7 Å². The van der Waals surface area contributed by atoms with Gasteiger partial charge >= 0.3 is 6.03 Å². The van der Waals surface area contributed by atoms with E-state index in [1.165, 1.54) is 0 Å². The van der Waals surface area contributed by atoms with Crippen molar-refractivity contribution in [2.24, 2.45) is 0 Å². The van der Waals surface area contributed by atoms with E-state index in [1.807, 2.05) is 29.8 Å². The molecule has 0 aliphatic heterocycles. The Hall–Kier alpha value is -2.41. The molecule has 7 heteroatoms. The largest absolute Gasteiger partial charge is 0.395 e. The van der Waals surface area contributed by atoms with Crippen LogP contribution in [0.1, 0.15) is 11.4 Å². The fraction of sp³-hybridized carbons (Fsp3) is 0.308. The second kappa shape index (κ2) is 6.67. The first-order valence-corrected chi connectivity index (χ1v) is 6.28. The molecule has 0 saturated heterocycles. The summed E-state index contributed by atoms with van der Waals surface area (Å²) in [5.41, 5.74) is 0.894. The SMILES string of the molecule is Cc1nccn1-c1ccc(CNC(=O)NCCO)cn1. The van der Waals surface area contributed by atoms with Crippen molar-refractivity contribution < 1.29 is 9.90 Å². The summed E-state index contributed by atoms with van der Waals surface area (Å²) < 4.78 is 1.88. The highest BCUT2D eigenvalue weighted by atomic mass is 16.3. The lowest BCUT2D eigenvalue weighted by Crippen LogP contribution is -2.36. The van der Waals surface area contributed by atoms with Gasteiger partial charge in [0.1, 0.15) is 11.6 Å². The Bertz CT molecular complexity index is 564. The Morgan fingerprint density at radius 3 is 2.80 bits per heavy atom. The number of hydrogen-bond acceptors (Lipinski definition) is 4. The first-order chi connectivity index (χ1) is 9.70. The van der Waals surface area contributed by atoms with Crippen molar-refractivity contribution in [2.75, 3.05) is 13.2 Å². The summed E-state index contributed by atoms with van der Waals surface area (Å²) in [4.78, 5) is 19.8. The number of carbonyl (C=O) groups excluding carboxylic acids is 1. The van der Waals surface area contributed by atoms with Gasteiger partial charge in [0.15, 0.2) is 0 Å². The van der Waals surface area contributed by atoms with Gasteiger partial charge in [-0.15, -0.1) is 0 Å². The number of urea groups is 1. The Morgan fingerprint density at radius 2 is 2.20 bits per heavy atom. The molecule has 0 saturated carbocycles. The van der Waals surface area contributed by atoms with Crippen LogP contribution in [0, 0.1) is 6.92 Å². The van der Waals surface area contributed by atoms with Crippen molar-refractivity contribution in [3.8, 4) is 5.82 Å². The summed E-state index contributed by atoms with van der Waals surface area (Å²) in [6.07, 6.45) is 5.27. The minimum Gasteiger partial charge on any atom is -0.395 e. The van der Waals surface area contributed by atoms with Gasteiger partial charge in [0.05, 0.1) is 6.61 Å². The molecule has 2 aromatic heterocycles. The maximum atomic E-state index is 11.3. The minimum absolute atomic E-state index is 0.0755. The quantitative estimate of drug-likeness (QED) is 0.735. The molecular formula is C13H17N5O2. The average Bonchev–Trinajstić information content (AvgIpc) is 2.89. The van der Waals surface area contributed by atoms with E-state index < -0.39 is 0 Å². The zero-order valence-corrected chi connectivity index (χ0v) is 11.2. The highest BCUT2D eigenvalue weighted by Gasteiger charge is 2.03. The molecule has 0 atom stereocenters. The number of amides is 2. The van der Waals surface area contributed by atoms with Crippen LogP contribution in [0.15, 0.2) is 30.7 Å². The Labute approximate surface area is 116 Å². The molecule has 2 rings (SSSR count). The van der Waals surface area contributed by atoms with Gasteiger partial charge in [-0.1, -0.05) is 6.07 Å². The fourth-order valence-corrected chi connectivity index (χ4v) is 1.70. The number of pyridine rings is 1. The van der Waals surface area contributed by atoms with Crippen LogP contribution in [0.25, 0.3) is 5.82 Å². The van der Waals surface area contributed by atoms with Gasteiger partial charge in [-0.25, -0.2) is 14.8 Å². The maximum Gasteiger partial charge on any atom is 0.315 e. The van der Waals surface area contributed by atoms with E-state index >= 15 is 0 Å². The summed E-state index contributed by atoms with van der Waals surface area (Å²) in [7, 11) is 0. The molecule has 0 bridgehead atoms. The number of hydrogen-bond donors (Lipinski definition) is 3.